The van der Waals surface area contributed by atoms with E-state index in [1.54, 1.807) is 23.1 Å². The maximum atomic E-state index is 12.2. The smallest absolute Gasteiger partial charge is 0.231 e. The molecule has 3 rings (SSSR count). The topological polar surface area (TPSA) is 59.1 Å². The monoisotopic (exact) mass is 276 g/mol. The van der Waals surface area contributed by atoms with E-state index < -0.39 is 0 Å². The van der Waals surface area contributed by atoms with Crippen molar-refractivity contribution in [2.24, 2.45) is 0 Å². The van der Waals surface area contributed by atoms with Crippen molar-refractivity contribution >= 4 is 12.2 Å². The van der Waals surface area contributed by atoms with Crippen LogP contribution in [-0.2, 0) is 4.79 Å². The first-order chi connectivity index (χ1) is 9.76. The number of benzene rings is 1. The summed E-state index contributed by atoms with van der Waals surface area (Å²) in [5.74, 6) is 1.37. The van der Waals surface area contributed by atoms with Gasteiger partial charge in [-0.2, -0.15) is 0 Å². The minimum atomic E-state index is 0.0582. The summed E-state index contributed by atoms with van der Waals surface area (Å²) in [5, 5.41) is 0. The summed E-state index contributed by atoms with van der Waals surface area (Å²) in [6.07, 6.45) is 0.858. The highest BCUT2D eigenvalue weighted by Crippen LogP contribution is 2.32. The van der Waals surface area contributed by atoms with Crippen LogP contribution < -0.4 is 9.47 Å². The van der Waals surface area contributed by atoms with Crippen molar-refractivity contribution in [3.8, 4) is 11.5 Å². The molecule has 1 aromatic rings. The van der Waals surface area contributed by atoms with Gasteiger partial charge in [-0.3, -0.25) is 14.5 Å². The van der Waals surface area contributed by atoms with Crippen molar-refractivity contribution in [2.45, 2.75) is 0 Å². The van der Waals surface area contributed by atoms with Gasteiger partial charge in [0.05, 0.1) is 6.54 Å². The van der Waals surface area contributed by atoms with Crippen LogP contribution in [0.4, 0.5) is 0 Å². The molecular weight excluding hydrogens is 260 g/mol. The Kier molecular flexibility index (Phi) is 3.56. The molecule has 0 spiro atoms. The van der Waals surface area contributed by atoms with E-state index in [4.69, 9.17) is 9.47 Å². The molecule has 0 N–H and O–H groups in total. The average molecular weight is 276 g/mol. The predicted octanol–water partition coefficient (Wildman–Crippen LogP) is 0.372. The lowest BCUT2D eigenvalue weighted by atomic mass is 10.1. The molecule has 2 aliphatic heterocycles. The zero-order valence-corrected chi connectivity index (χ0v) is 11.1. The van der Waals surface area contributed by atoms with Gasteiger partial charge >= 0.3 is 0 Å². The number of piperazine rings is 1. The lowest BCUT2D eigenvalue weighted by Gasteiger charge is -2.31. The summed E-state index contributed by atoms with van der Waals surface area (Å²) in [7, 11) is 0. The highest BCUT2D eigenvalue weighted by atomic mass is 16.7. The van der Waals surface area contributed by atoms with E-state index in [1.165, 1.54) is 0 Å². The Bertz CT molecular complexity index is 524. The van der Waals surface area contributed by atoms with E-state index in [-0.39, 0.29) is 12.6 Å². The van der Waals surface area contributed by atoms with Gasteiger partial charge in [0, 0.05) is 31.7 Å². The van der Waals surface area contributed by atoms with Crippen LogP contribution in [0.5, 0.6) is 11.5 Å². The fourth-order valence-electron chi connectivity index (χ4n) is 2.39. The van der Waals surface area contributed by atoms with E-state index in [0.29, 0.717) is 36.7 Å². The second-order valence-electron chi connectivity index (χ2n) is 4.91. The Morgan fingerprint density at radius 1 is 1.15 bits per heavy atom. The third-order valence-electron chi connectivity index (χ3n) is 3.62. The Morgan fingerprint density at radius 3 is 2.65 bits per heavy atom. The van der Waals surface area contributed by atoms with Gasteiger partial charge in [0.15, 0.2) is 17.3 Å². The van der Waals surface area contributed by atoms with Gasteiger partial charge in [-0.1, -0.05) is 0 Å². The van der Waals surface area contributed by atoms with E-state index in [0.717, 1.165) is 19.5 Å². The van der Waals surface area contributed by atoms with E-state index in [9.17, 15) is 9.59 Å². The molecule has 1 aromatic carbocycles. The van der Waals surface area contributed by atoms with E-state index in [2.05, 4.69) is 4.90 Å². The standard InChI is InChI=1S/C14H16N2O4/c17-9-16-5-3-15(4-6-16)8-12(18)11-1-2-13-14(7-11)20-10-19-13/h1-2,7,9H,3-6,8,10H2. The number of carbonyl (C=O) groups excluding carboxylic acids is 2. The normalized spacial score (nSPS) is 18.1. The molecule has 2 aliphatic rings. The van der Waals surface area contributed by atoms with E-state index >= 15 is 0 Å². The first-order valence-electron chi connectivity index (χ1n) is 6.61. The fourth-order valence-corrected chi connectivity index (χ4v) is 2.39. The minimum absolute atomic E-state index is 0.0582. The predicted molar refractivity (Wildman–Crippen MR) is 71.0 cm³/mol. The Balaban J connectivity index is 1.61. The molecule has 106 valence electrons. The highest BCUT2D eigenvalue weighted by molar-refractivity contribution is 5.98. The van der Waals surface area contributed by atoms with Gasteiger partial charge in [0.1, 0.15) is 0 Å². The van der Waals surface area contributed by atoms with Crippen molar-refractivity contribution in [3.63, 3.8) is 0 Å². The number of Topliss-reactive ketones (excluding diaryl/α,β-unsaturated/α-hetero) is 1. The molecule has 6 nitrogen and oxygen atoms in total. The third-order valence-corrected chi connectivity index (χ3v) is 3.62. The van der Waals surface area contributed by atoms with Crippen LogP contribution >= 0.6 is 0 Å². The van der Waals surface area contributed by atoms with Gasteiger partial charge < -0.3 is 14.4 Å². The number of nitrogens with zero attached hydrogens (tertiary/aromatic N) is 2. The second-order valence-corrected chi connectivity index (χ2v) is 4.91. The lowest BCUT2D eigenvalue weighted by Crippen LogP contribution is -2.47. The van der Waals surface area contributed by atoms with Crippen molar-refractivity contribution in [1.29, 1.82) is 0 Å². The van der Waals surface area contributed by atoms with Gasteiger partial charge in [-0.05, 0) is 18.2 Å². The zero-order chi connectivity index (χ0) is 13.9. The summed E-state index contributed by atoms with van der Waals surface area (Å²) in [6, 6.07) is 5.25. The summed E-state index contributed by atoms with van der Waals surface area (Å²) >= 11 is 0. The molecule has 6 heteroatoms. The average Bonchev–Trinajstić information content (AvgIpc) is 2.95. The molecule has 20 heavy (non-hydrogen) atoms. The number of ketones is 1. The van der Waals surface area contributed by atoms with E-state index in [1.807, 2.05) is 0 Å². The van der Waals surface area contributed by atoms with Crippen molar-refractivity contribution in [3.05, 3.63) is 23.8 Å². The van der Waals surface area contributed by atoms with Gasteiger partial charge in [-0.15, -0.1) is 0 Å². The van der Waals surface area contributed by atoms with Crippen LogP contribution in [-0.4, -0.2) is 61.5 Å². The summed E-state index contributed by atoms with van der Waals surface area (Å²) < 4.78 is 10.5. The second kappa shape index (κ2) is 5.50. The largest absolute Gasteiger partial charge is 0.454 e. The molecule has 0 unspecified atom stereocenters. The Hall–Kier alpha value is -2.08. The Morgan fingerprint density at radius 2 is 1.90 bits per heavy atom. The van der Waals surface area contributed by atoms with Crippen molar-refractivity contribution in [2.75, 3.05) is 39.5 Å². The Labute approximate surface area is 116 Å². The zero-order valence-electron chi connectivity index (χ0n) is 11.1. The number of fused-ring (bicyclic) bond motifs is 1. The van der Waals surface area contributed by atoms with Crippen molar-refractivity contribution in [1.82, 2.24) is 9.80 Å². The lowest BCUT2D eigenvalue weighted by molar-refractivity contribution is -0.119. The number of ether oxygens (including phenoxy) is 2. The first kappa shape index (κ1) is 12.9. The molecule has 0 bridgehead atoms. The van der Waals surface area contributed by atoms with Gasteiger partial charge in [0.2, 0.25) is 13.2 Å². The molecule has 2 heterocycles. The van der Waals surface area contributed by atoms with Crippen molar-refractivity contribution < 1.29 is 19.1 Å². The molecule has 1 fully saturated rings. The van der Waals surface area contributed by atoms with Crippen LogP contribution in [0.1, 0.15) is 10.4 Å². The van der Waals surface area contributed by atoms with Crippen LogP contribution in [0.25, 0.3) is 0 Å². The summed E-state index contributed by atoms with van der Waals surface area (Å²) in [6.45, 7) is 3.40. The maximum absolute atomic E-state index is 12.2. The number of rotatable bonds is 4. The van der Waals surface area contributed by atoms with Gasteiger partial charge in [0.25, 0.3) is 0 Å². The summed E-state index contributed by atoms with van der Waals surface area (Å²) in [4.78, 5) is 26.7. The van der Waals surface area contributed by atoms with Crippen LogP contribution in [0.15, 0.2) is 18.2 Å². The van der Waals surface area contributed by atoms with Crippen LogP contribution in [0, 0.1) is 0 Å². The number of carbonyl (C=O) groups is 2. The fraction of sp³-hybridized carbons (Fsp3) is 0.429. The maximum Gasteiger partial charge on any atom is 0.231 e. The molecule has 0 radical (unpaired) electrons. The summed E-state index contributed by atoms with van der Waals surface area (Å²) in [5.41, 5.74) is 0.632. The van der Waals surface area contributed by atoms with Crippen LogP contribution in [0.3, 0.4) is 0 Å². The molecule has 1 amide bonds. The molecule has 0 saturated carbocycles. The molecule has 1 saturated heterocycles. The molecule has 0 aromatic heterocycles. The minimum Gasteiger partial charge on any atom is -0.454 e. The molecule has 0 aliphatic carbocycles. The SMILES string of the molecule is O=CN1CCN(CC(=O)c2ccc3c(c2)OCO3)CC1. The molecular formula is C14H16N2O4. The quantitative estimate of drug-likeness (QED) is 0.587. The number of hydrogen-bond donors (Lipinski definition) is 0. The number of amides is 1. The highest BCUT2D eigenvalue weighted by Gasteiger charge is 2.20. The first-order valence-corrected chi connectivity index (χ1v) is 6.61. The number of hydrogen-bond acceptors (Lipinski definition) is 5. The molecule has 0 atom stereocenters. The van der Waals surface area contributed by atoms with Crippen LogP contribution in [0.2, 0.25) is 0 Å². The third kappa shape index (κ3) is 2.60. The van der Waals surface area contributed by atoms with Gasteiger partial charge in [-0.25, -0.2) is 0 Å².